The Morgan fingerprint density at radius 3 is 2.09 bits per heavy atom. The molecule has 0 N–H and O–H groups in total. The summed E-state index contributed by atoms with van der Waals surface area (Å²) in [4.78, 5) is 0. The molecule has 2 rings (SSSR count). The lowest BCUT2D eigenvalue weighted by Gasteiger charge is -2.22. The number of fused-ring (bicyclic) bond motifs is 2. The predicted octanol–water partition coefficient (Wildman–Crippen LogP) is 3.61. The molecule has 0 aromatic rings. The van der Waals surface area contributed by atoms with E-state index in [1.807, 2.05) is 0 Å². The van der Waals surface area contributed by atoms with Crippen LogP contribution in [0.1, 0.15) is 12.8 Å². The summed E-state index contributed by atoms with van der Waals surface area (Å²) in [6.07, 6.45) is 6.84. The Balaban J connectivity index is 2.15. The lowest BCUT2D eigenvalue weighted by Crippen LogP contribution is -2.23. The highest BCUT2D eigenvalue weighted by molar-refractivity contribution is 7.65. The smallest absolute Gasteiger partial charge is 0.126 e. The zero-order valence-electron chi connectivity index (χ0n) is 5.93. The van der Waals surface area contributed by atoms with Gasteiger partial charge in [0, 0.05) is 5.54 Å². The third kappa shape index (κ3) is 1.49. The summed E-state index contributed by atoms with van der Waals surface area (Å²) in [5.41, 5.74) is 0.391. The second-order valence-electron chi connectivity index (χ2n) is 3.43. The maximum Gasteiger partial charge on any atom is 0.344 e. The average molecular weight is 228 g/mol. The number of hydrogen-bond acceptors (Lipinski definition) is 0. The van der Waals surface area contributed by atoms with E-state index in [1.165, 1.54) is 6.42 Å². The summed E-state index contributed by atoms with van der Waals surface area (Å²) >= 11 is 17.9. The van der Waals surface area contributed by atoms with Crippen LogP contribution in [0.25, 0.3) is 0 Å². The van der Waals surface area contributed by atoms with Crippen molar-refractivity contribution in [3.05, 3.63) is 12.2 Å². The quantitative estimate of drug-likeness (QED) is 0.365. The average Bonchev–Trinajstić information content (AvgIpc) is 2.42. The van der Waals surface area contributed by atoms with Crippen LogP contribution in [0, 0.1) is 11.8 Å². The summed E-state index contributed by atoms with van der Waals surface area (Å²) in [5, 5.41) is 0. The zero-order valence-corrected chi connectivity index (χ0v) is 9.20. The van der Waals surface area contributed by atoms with Crippen LogP contribution >= 0.6 is 33.2 Å². The highest BCUT2D eigenvalue weighted by Gasteiger charge is 2.48. The van der Waals surface area contributed by atoms with Gasteiger partial charge in [0.15, 0.2) is 0 Å². The molecule has 0 saturated heterocycles. The minimum Gasteiger partial charge on any atom is -0.126 e. The predicted molar refractivity (Wildman–Crippen MR) is 52.4 cm³/mol. The van der Waals surface area contributed by atoms with Crippen LogP contribution in [0.5, 0.6) is 0 Å². The summed E-state index contributed by atoms with van der Waals surface area (Å²) in [6, 6.07) is -2.41. The monoisotopic (exact) mass is 226 g/mol. The molecule has 0 aromatic heterocycles. The van der Waals surface area contributed by atoms with E-state index in [1.54, 1.807) is 0 Å². The molecule has 0 spiro atoms. The van der Waals surface area contributed by atoms with Crippen molar-refractivity contribution in [3.8, 4) is 0 Å². The Labute approximate surface area is 81.6 Å². The van der Waals surface area contributed by atoms with Gasteiger partial charge in [-0.05, 0) is 24.7 Å². The van der Waals surface area contributed by atoms with Crippen molar-refractivity contribution in [1.82, 2.24) is 0 Å². The molecule has 62 valence electrons. The number of allylic oxidation sites excluding steroid dienone is 2. The molecule has 11 heavy (non-hydrogen) atoms. The van der Waals surface area contributed by atoms with Crippen molar-refractivity contribution in [2.75, 3.05) is 0 Å². The molecular formula is C7H9Cl3Si. The number of halogens is 3. The van der Waals surface area contributed by atoms with E-state index in [9.17, 15) is 0 Å². The molecule has 0 nitrogen and oxygen atoms in total. The largest absolute Gasteiger partial charge is 0.344 e. The van der Waals surface area contributed by atoms with E-state index >= 15 is 0 Å². The molecule has 0 aromatic carbocycles. The first-order valence-electron chi connectivity index (χ1n) is 3.82. The first-order chi connectivity index (χ1) is 5.07. The van der Waals surface area contributed by atoms with Crippen LogP contribution < -0.4 is 0 Å². The van der Waals surface area contributed by atoms with Crippen LogP contribution in [0.2, 0.25) is 5.54 Å². The third-order valence-corrected chi connectivity index (χ3v) is 6.73. The van der Waals surface area contributed by atoms with E-state index in [0.717, 1.165) is 6.42 Å². The van der Waals surface area contributed by atoms with Crippen LogP contribution in [-0.4, -0.2) is 6.00 Å². The van der Waals surface area contributed by atoms with Crippen molar-refractivity contribution in [3.63, 3.8) is 0 Å². The Bertz CT molecular complexity index is 196. The molecule has 0 amide bonds. The molecule has 0 radical (unpaired) electrons. The lowest BCUT2D eigenvalue weighted by molar-refractivity contribution is 0.689. The van der Waals surface area contributed by atoms with Gasteiger partial charge < -0.3 is 0 Å². The zero-order chi connectivity index (χ0) is 8.06. The third-order valence-electron chi connectivity index (χ3n) is 2.70. The van der Waals surface area contributed by atoms with E-state index in [-0.39, 0.29) is 0 Å². The van der Waals surface area contributed by atoms with E-state index in [4.69, 9.17) is 33.2 Å². The first-order valence-corrected chi connectivity index (χ1v) is 8.93. The van der Waals surface area contributed by atoms with Crippen molar-refractivity contribution in [2.24, 2.45) is 11.8 Å². The fraction of sp³-hybridized carbons (Fsp3) is 0.714. The van der Waals surface area contributed by atoms with Crippen molar-refractivity contribution in [1.29, 1.82) is 0 Å². The van der Waals surface area contributed by atoms with Gasteiger partial charge in [-0.25, -0.2) is 0 Å². The van der Waals surface area contributed by atoms with Gasteiger partial charge in [0.2, 0.25) is 0 Å². The maximum atomic E-state index is 5.97. The first kappa shape index (κ1) is 8.43. The molecule has 0 aliphatic heterocycles. The molecule has 2 bridgehead atoms. The molecule has 2 aliphatic rings. The van der Waals surface area contributed by atoms with Gasteiger partial charge in [-0.2, -0.15) is 0 Å². The highest BCUT2D eigenvalue weighted by Crippen LogP contribution is 2.55. The molecule has 1 saturated carbocycles. The number of rotatable bonds is 1. The van der Waals surface area contributed by atoms with E-state index in [0.29, 0.717) is 17.4 Å². The Morgan fingerprint density at radius 2 is 1.82 bits per heavy atom. The second kappa shape index (κ2) is 2.66. The van der Waals surface area contributed by atoms with Crippen molar-refractivity contribution >= 4 is 39.2 Å². The highest BCUT2D eigenvalue weighted by atomic mass is 35.8. The molecule has 1 fully saturated rings. The minimum absolute atomic E-state index is 0.391. The summed E-state index contributed by atoms with van der Waals surface area (Å²) < 4.78 is 0. The van der Waals surface area contributed by atoms with Gasteiger partial charge in [0.25, 0.3) is 0 Å². The molecule has 3 atom stereocenters. The van der Waals surface area contributed by atoms with Gasteiger partial charge in [-0.3, -0.25) is 0 Å². The van der Waals surface area contributed by atoms with Crippen LogP contribution in [0.15, 0.2) is 12.2 Å². The standard InChI is InChI=1S/C7H9Cl3Si/c8-11(9,10)7-4-5-1-2-6(7)3-5/h1-2,5-7H,3-4H2/t5-,6+,7-/m0/s1. The van der Waals surface area contributed by atoms with E-state index in [2.05, 4.69) is 12.2 Å². The molecule has 0 heterocycles. The lowest BCUT2D eigenvalue weighted by atomic mass is 10.1. The molecule has 0 unspecified atom stereocenters. The number of hydrogen-bond donors (Lipinski definition) is 0. The Kier molecular flexibility index (Phi) is 2.04. The van der Waals surface area contributed by atoms with Gasteiger partial charge in [-0.15, -0.1) is 33.2 Å². The van der Waals surface area contributed by atoms with Gasteiger partial charge in [0.05, 0.1) is 0 Å². The molecule has 4 heteroatoms. The van der Waals surface area contributed by atoms with Gasteiger partial charge in [0.1, 0.15) is 0 Å². The molecule has 2 aliphatic carbocycles. The van der Waals surface area contributed by atoms with Crippen molar-refractivity contribution < 1.29 is 0 Å². The van der Waals surface area contributed by atoms with Crippen LogP contribution in [-0.2, 0) is 0 Å². The van der Waals surface area contributed by atoms with Crippen molar-refractivity contribution in [2.45, 2.75) is 18.4 Å². The normalized spacial score (nSPS) is 41.9. The maximum absolute atomic E-state index is 5.97. The fourth-order valence-corrected chi connectivity index (χ4v) is 5.72. The second-order valence-corrected chi connectivity index (χ2v) is 12.4. The van der Waals surface area contributed by atoms with Crippen LogP contribution in [0.3, 0.4) is 0 Å². The Morgan fingerprint density at radius 1 is 1.09 bits per heavy atom. The fourth-order valence-electron chi connectivity index (χ4n) is 2.16. The summed E-state index contributed by atoms with van der Waals surface area (Å²) in [5.74, 6) is 1.30. The SMILES string of the molecule is Cl[Si](Cl)(Cl)[C@H]1C[C@H]2C=C[C@@H]1C2. The van der Waals surface area contributed by atoms with Gasteiger partial charge >= 0.3 is 6.00 Å². The topological polar surface area (TPSA) is 0 Å². The van der Waals surface area contributed by atoms with Crippen LogP contribution in [0.4, 0.5) is 0 Å². The Hall–Kier alpha value is 0.827. The summed E-state index contributed by atoms with van der Waals surface area (Å²) in [7, 11) is 0. The molecular weight excluding hydrogens is 219 g/mol. The summed E-state index contributed by atoms with van der Waals surface area (Å²) in [6.45, 7) is 0. The minimum atomic E-state index is -2.41. The van der Waals surface area contributed by atoms with Gasteiger partial charge in [-0.1, -0.05) is 12.2 Å². The van der Waals surface area contributed by atoms with E-state index < -0.39 is 6.00 Å².